The van der Waals surface area contributed by atoms with E-state index in [1.54, 1.807) is 20.8 Å². The van der Waals surface area contributed by atoms with Gasteiger partial charge in [0.05, 0.1) is 19.3 Å². The van der Waals surface area contributed by atoms with Crippen molar-refractivity contribution < 1.29 is 23.9 Å². The number of likely N-dealkylation sites (N-methyl/N-ethyl adjacent to an activating group) is 2. The average molecular weight is 411 g/mol. The molecule has 29 heavy (non-hydrogen) atoms. The quantitative estimate of drug-likeness (QED) is 0.304. The number of esters is 1. The van der Waals surface area contributed by atoms with E-state index in [9.17, 15) is 14.4 Å². The van der Waals surface area contributed by atoms with Gasteiger partial charge in [0.2, 0.25) is 11.8 Å². The van der Waals surface area contributed by atoms with Gasteiger partial charge >= 0.3 is 5.97 Å². The normalized spacial score (nSPS) is 11.7. The highest BCUT2D eigenvalue weighted by Gasteiger charge is 2.13. The van der Waals surface area contributed by atoms with E-state index in [1.807, 2.05) is 13.8 Å². The van der Waals surface area contributed by atoms with Gasteiger partial charge in [0.25, 0.3) is 0 Å². The lowest BCUT2D eigenvalue weighted by atomic mass is 10.3. The molecule has 1 unspecified atom stereocenters. The molecule has 0 aromatic heterocycles. The Kier molecular flexibility index (Phi) is 31.8. The van der Waals surface area contributed by atoms with Crippen molar-refractivity contribution in [2.75, 3.05) is 26.3 Å². The van der Waals surface area contributed by atoms with E-state index in [4.69, 9.17) is 4.74 Å². The number of terminal acetylenes is 1. The Hall–Kier alpha value is -2.85. The van der Waals surface area contributed by atoms with Crippen LogP contribution in [0.5, 0.6) is 0 Å². The molecule has 1 saturated heterocycles. The van der Waals surface area contributed by atoms with Gasteiger partial charge in [-0.05, 0) is 47.6 Å². The molecule has 1 atom stereocenters. The number of nitrogens with one attached hydrogen (secondary N) is 2. The van der Waals surface area contributed by atoms with Crippen molar-refractivity contribution in [1.29, 1.82) is 0 Å². The molecule has 1 rings (SSSR count). The first-order valence-corrected chi connectivity index (χ1v) is 9.23. The Labute approximate surface area is 176 Å². The predicted molar refractivity (Wildman–Crippen MR) is 119 cm³/mol. The summed E-state index contributed by atoms with van der Waals surface area (Å²) in [7, 11) is 0. The van der Waals surface area contributed by atoms with Gasteiger partial charge in [-0.25, -0.2) is 4.79 Å². The van der Waals surface area contributed by atoms with E-state index < -0.39 is 0 Å². The summed E-state index contributed by atoms with van der Waals surface area (Å²) in [4.78, 5) is 30.8. The summed E-state index contributed by atoms with van der Waals surface area (Å²) < 4.78 is 9.14. The highest BCUT2D eigenvalue weighted by atomic mass is 16.6. The second-order valence-corrected chi connectivity index (χ2v) is 5.13. The standard InChI is InChI=1S/C6H11NO.C5H9NO.C5H8O2.C3H6O.C3H4/c1-4-7-6(8)5(2)3;1-3-5(7)6-4-2;1-3-5(6)7-4-2;1-3-2-4-3;1-3-2/h2,4H2,1,3H3,(H,7,8);3H,1,4H2,2H3,(H,6,7);3H,1,4H2,2H3;3H,2H2,1H3;1H,2H3. The Bertz CT molecular complexity index is 496. The van der Waals surface area contributed by atoms with Crippen molar-refractivity contribution in [3.05, 3.63) is 37.5 Å². The molecule has 0 spiro atoms. The maximum Gasteiger partial charge on any atom is 0.330 e. The number of carbonyl (C=O) groups is 3. The third-order valence-electron chi connectivity index (χ3n) is 2.21. The van der Waals surface area contributed by atoms with E-state index in [2.05, 4.69) is 54.4 Å². The second kappa shape index (κ2) is 27.4. The van der Waals surface area contributed by atoms with E-state index in [-0.39, 0.29) is 17.8 Å². The van der Waals surface area contributed by atoms with Crippen molar-refractivity contribution in [2.45, 2.75) is 47.6 Å². The molecule has 2 N–H and O–H groups in total. The Morgan fingerprint density at radius 1 is 1.17 bits per heavy atom. The average Bonchev–Trinajstić information content (AvgIpc) is 3.46. The molecule has 2 amide bonds. The van der Waals surface area contributed by atoms with Crippen LogP contribution in [0.3, 0.4) is 0 Å². The van der Waals surface area contributed by atoms with Crippen LogP contribution in [0.1, 0.15) is 41.5 Å². The highest BCUT2D eigenvalue weighted by molar-refractivity contribution is 5.91. The number of hydrogen-bond acceptors (Lipinski definition) is 5. The van der Waals surface area contributed by atoms with Crippen LogP contribution in [0.25, 0.3) is 0 Å². The maximum absolute atomic E-state index is 10.5. The van der Waals surface area contributed by atoms with Crippen LogP contribution in [0.15, 0.2) is 37.5 Å². The van der Waals surface area contributed by atoms with Crippen LogP contribution in [0.2, 0.25) is 0 Å². The molecule has 0 saturated carbocycles. The molecule has 1 aliphatic heterocycles. The Morgan fingerprint density at radius 2 is 1.59 bits per heavy atom. The van der Waals surface area contributed by atoms with Crippen LogP contribution >= 0.6 is 0 Å². The second-order valence-electron chi connectivity index (χ2n) is 5.13. The summed E-state index contributed by atoms with van der Waals surface area (Å²) in [5.74, 6) is 1.72. The van der Waals surface area contributed by atoms with Gasteiger partial charge in [-0.1, -0.05) is 19.7 Å². The van der Waals surface area contributed by atoms with Gasteiger partial charge in [-0.2, -0.15) is 0 Å². The van der Waals surface area contributed by atoms with Crippen LogP contribution < -0.4 is 10.6 Å². The molecule has 1 aliphatic rings. The topological polar surface area (TPSA) is 97.0 Å². The third-order valence-corrected chi connectivity index (χ3v) is 2.21. The van der Waals surface area contributed by atoms with Crippen LogP contribution in [-0.4, -0.2) is 50.2 Å². The number of hydrogen-bond donors (Lipinski definition) is 2. The van der Waals surface area contributed by atoms with Crippen LogP contribution in [0.4, 0.5) is 0 Å². The van der Waals surface area contributed by atoms with Gasteiger partial charge in [-0.3, -0.25) is 9.59 Å². The summed E-state index contributed by atoms with van der Waals surface area (Å²) in [6.45, 7) is 23.6. The van der Waals surface area contributed by atoms with Gasteiger partial charge in [0, 0.05) is 24.7 Å². The summed E-state index contributed by atoms with van der Waals surface area (Å²) in [5.41, 5.74) is 0.562. The third kappa shape index (κ3) is 45.8. The molecule has 7 nitrogen and oxygen atoms in total. The lowest BCUT2D eigenvalue weighted by Gasteiger charge is -1.97. The summed E-state index contributed by atoms with van der Waals surface area (Å²) >= 11 is 0. The monoisotopic (exact) mass is 410 g/mol. The van der Waals surface area contributed by atoms with Crippen molar-refractivity contribution in [3.63, 3.8) is 0 Å². The largest absolute Gasteiger partial charge is 0.463 e. The molecule has 0 radical (unpaired) electrons. The molecular weight excluding hydrogens is 372 g/mol. The molecule has 0 bridgehead atoms. The number of rotatable bonds is 6. The minimum atomic E-state index is -0.359. The van der Waals surface area contributed by atoms with Crippen molar-refractivity contribution in [3.8, 4) is 12.3 Å². The zero-order chi connectivity index (χ0) is 23.7. The minimum absolute atomic E-state index is 0.0625. The first-order valence-electron chi connectivity index (χ1n) is 9.23. The van der Waals surface area contributed by atoms with E-state index in [1.165, 1.54) is 6.08 Å². The molecule has 1 heterocycles. The molecule has 0 aliphatic carbocycles. The van der Waals surface area contributed by atoms with Crippen molar-refractivity contribution >= 4 is 17.8 Å². The SMILES string of the molecule is C#CC.C=C(C)C(=O)NCC.C=CC(=O)NCC.C=CC(=O)OCC.CC1CO1. The molecule has 0 aromatic rings. The molecule has 0 aromatic carbocycles. The maximum atomic E-state index is 10.5. The highest BCUT2D eigenvalue weighted by Crippen LogP contribution is 2.04. The number of amides is 2. The molecule has 7 heteroatoms. The summed E-state index contributed by atoms with van der Waals surface area (Å²) in [5, 5.41) is 5.14. The smallest absolute Gasteiger partial charge is 0.330 e. The van der Waals surface area contributed by atoms with Crippen molar-refractivity contribution in [1.82, 2.24) is 10.6 Å². The van der Waals surface area contributed by atoms with Crippen molar-refractivity contribution in [2.24, 2.45) is 0 Å². The molecule has 166 valence electrons. The zero-order valence-corrected chi connectivity index (χ0v) is 18.8. The lowest BCUT2D eigenvalue weighted by Crippen LogP contribution is -2.22. The Morgan fingerprint density at radius 3 is 1.69 bits per heavy atom. The van der Waals surface area contributed by atoms with Gasteiger partial charge in [0.1, 0.15) is 0 Å². The molecular formula is C22H38N2O5. The fourth-order valence-electron chi connectivity index (χ4n) is 0.855. The first-order chi connectivity index (χ1) is 13.6. The zero-order valence-electron chi connectivity index (χ0n) is 18.8. The fourth-order valence-corrected chi connectivity index (χ4v) is 0.855. The lowest BCUT2D eigenvalue weighted by molar-refractivity contribution is -0.137. The summed E-state index contributed by atoms with van der Waals surface area (Å²) in [6, 6.07) is 0. The van der Waals surface area contributed by atoms with Gasteiger partial charge in [-0.15, -0.1) is 12.3 Å². The van der Waals surface area contributed by atoms with E-state index in [0.717, 1.165) is 12.7 Å². The number of ether oxygens (including phenoxy) is 2. The van der Waals surface area contributed by atoms with Gasteiger partial charge in [0.15, 0.2) is 0 Å². The summed E-state index contributed by atoms with van der Waals surface area (Å²) in [6.07, 6.45) is 7.58. The number of carbonyl (C=O) groups excluding carboxylic acids is 3. The first kappa shape index (κ1) is 33.7. The van der Waals surface area contributed by atoms with Crippen LogP contribution in [0, 0.1) is 12.3 Å². The van der Waals surface area contributed by atoms with E-state index >= 15 is 0 Å². The fraction of sp³-hybridized carbons (Fsp3) is 0.500. The van der Waals surface area contributed by atoms with Gasteiger partial charge < -0.3 is 20.1 Å². The molecule has 1 fully saturated rings. The predicted octanol–water partition coefficient (Wildman–Crippen LogP) is 2.79. The Balaban J connectivity index is -0.000000139. The van der Waals surface area contributed by atoms with Crippen LogP contribution in [-0.2, 0) is 23.9 Å². The number of epoxide rings is 1. The van der Waals surface area contributed by atoms with E-state index in [0.29, 0.717) is 31.4 Å². The minimum Gasteiger partial charge on any atom is -0.463 e.